The smallest absolute Gasteiger partial charge is 0.0644 e. The zero-order chi connectivity index (χ0) is 39.0. The van der Waals surface area contributed by atoms with Crippen LogP contribution in [0, 0.1) is 5.92 Å². The monoisotopic (exact) mass is 720 g/mol. The van der Waals surface area contributed by atoms with Gasteiger partial charge < -0.3 is 10.6 Å². The Bertz CT molecular complexity index is 2340. The molecular formula is C53H56N2. The van der Waals surface area contributed by atoms with E-state index in [2.05, 4.69) is 183 Å². The fourth-order valence-electron chi connectivity index (χ4n) is 7.81. The Kier molecular flexibility index (Phi) is 12.4. The second kappa shape index (κ2) is 17.5. The van der Waals surface area contributed by atoms with Crippen LogP contribution in [0.25, 0.3) is 49.4 Å². The number of hydrogen-bond acceptors (Lipinski definition) is 2. The summed E-state index contributed by atoms with van der Waals surface area (Å²) in [6.07, 6.45) is 8.03. The van der Waals surface area contributed by atoms with Gasteiger partial charge in [-0.25, -0.2) is 0 Å². The van der Waals surface area contributed by atoms with E-state index in [0.29, 0.717) is 5.92 Å². The topological polar surface area (TPSA) is 29.3 Å². The van der Waals surface area contributed by atoms with Crippen LogP contribution in [0.4, 0.5) is 17.1 Å². The lowest BCUT2D eigenvalue weighted by Gasteiger charge is -2.29. The number of anilines is 3. The number of benzene rings is 7. The third-order valence-electron chi connectivity index (χ3n) is 10.5. The Labute approximate surface area is 329 Å². The van der Waals surface area contributed by atoms with Crippen molar-refractivity contribution in [1.82, 2.24) is 0 Å². The number of fused-ring (bicyclic) bond motifs is 2. The summed E-state index contributed by atoms with van der Waals surface area (Å²) >= 11 is 0. The molecule has 55 heavy (non-hydrogen) atoms. The maximum Gasteiger partial charge on any atom is 0.0644 e. The molecule has 0 saturated carbocycles. The van der Waals surface area contributed by atoms with Crippen molar-refractivity contribution in [1.29, 1.82) is 0 Å². The van der Waals surface area contributed by atoms with E-state index in [1.54, 1.807) is 0 Å². The van der Waals surface area contributed by atoms with Crippen LogP contribution in [-0.2, 0) is 5.41 Å². The number of rotatable bonds is 8. The molecule has 2 nitrogen and oxygen atoms in total. The van der Waals surface area contributed by atoms with Crippen LogP contribution < -0.4 is 10.6 Å². The predicted molar refractivity (Wildman–Crippen MR) is 243 cm³/mol. The number of para-hydroxylation sites is 2. The first kappa shape index (κ1) is 38.9. The fraction of sp³-hybridized carbons (Fsp3) is 0.208. The minimum absolute atomic E-state index is 0.0477. The highest BCUT2D eigenvalue weighted by Gasteiger charge is 2.26. The highest BCUT2D eigenvalue weighted by atomic mass is 15.1. The molecule has 2 heteroatoms. The zero-order valence-electron chi connectivity index (χ0n) is 33.7. The van der Waals surface area contributed by atoms with Gasteiger partial charge in [-0.05, 0) is 97.1 Å². The molecule has 1 aliphatic rings. The van der Waals surface area contributed by atoms with Crippen LogP contribution in [0.5, 0.6) is 0 Å². The van der Waals surface area contributed by atoms with Crippen molar-refractivity contribution in [3.8, 4) is 22.3 Å². The Morgan fingerprint density at radius 3 is 1.51 bits per heavy atom. The number of allylic oxidation sites excluding steroid dienone is 4. The van der Waals surface area contributed by atoms with Crippen molar-refractivity contribution in [3.05, 3.63) is 181 Å². The first-order valence-electron chi connectivity index (χ1n) is 20.1. The van der Waals surface area contributed by atoms with Crippen LogP contribution in [0.15, 0.2) is 170 Å². The molecule has 0 heterocycles. The average molecular weight is 721 g/mol. The molecule has 0 radical (unpaired) electrons. The van der Waals surface area contributed by atoms with Crippen LogP contribution in [0.1, 0.15) is 66.0 Å². The molecule has 0 fully saturated rings. The van der Waals surface area contributed by atoms with E-state index in [4.69, 9.17) is 5.73 Å². The molecule has 1 aliphatic carbocycles. The van der Waals surface area contributed by atoms with Crippen LogP contribution in [0.3, 0.4) is 0 Å². The van der Waals surface area contributed by atoms with Gasteiger partial charge in [0.25, 0.3) is 0 Å². The molecule has 0 aromatic heterocycles. The first-order chi connectivity index (χ1) is 26.9. The number of nitrogens with zero attached hydrogens (tertiary/aromatic N) is 1. The highest BCUT2D eigenvalue weighted by Crippen LogP contribution is 2.45. The molecule has 0 spiro atoms. The van der Waals surface area contributed by atoms with Gasteiger partial charge in [0.15, 0.2) is 0 Å². The summed E-state index contributed by atoms with van der Waals surface area (Å²) in [5.74, 6) is 0.477. The minimum Gasteiger partial charge on any atom is -0.397 e. The molecule has 0 aliphatic heterocycles. The van der Waals surface area contributed by atoms with E-state index in [-0.39, 0.29) is 5.41 Å². The van der Waals surface area contributed by atoms with Crippen LogP contribution >= 0.6 is 0 Å². The molecule has 0 amide bonds. The molecule has 1 unspecified atom stereocenters. The van der Waals surface area contributed by atoms with E-state index in [1.807, 2.05) is 39.8 Å². The number of nitrogens with two attached hydrogens (primary N) is 1. The summed E-state index contributed by atoms with van der Waals surface area (Å²) < 4.78 is 0. The molecule has 0 saturated heterocycles. The predicted octanol–water partition coefficient (Wildman–Crippen LogP) is 15.1. The average Bonchev–Trinajstić information content (AvgIpc) is 3.24. The van der Waals surface area contributed by atoms with Crippen molar-refractivity contribution in [2.75, 3.05) is 17.2 Å². The van der Waals surface area contributed by atoms with Gasteiger partial charge in [-0.1, -0.05) is 194 Å². The standard InChI is InChI=1S/C49H44N2.2C2H6/c1-34(2)33-51(46-20-12-11-19-45(46)50)40-27-23-38(24-28-40)48-43-17-9-7-15-41(43)47(42-16-8-10-18-44(42)48)37-21-25-39(26-22-37)49(3)31-29-36(30-32-49)35-13-5-4-6-14-35;2*1-2/h4-31,34H,32-33,50H2,1-3H3;2*1-2H3. The quantitative estimate of drug-likeness (QED) is 0.125. The maximum atomic E-state index is 6.47. The van der Waals surface area contributed by atoms with Crippen LogP contribution in [0.2, 0.25) is 0 Å². The molecule has 278 valence electrons. The number of nitrogen functional groups attached to an aromatic ring is 1. The van der Waals surface area contributed by atoms with Crippen molar-refractivity contribution in [2.45, 2.75) is 60.3 Å². The van der Waals surface area contributed by atoms with Gasteiger partial charge in [0.1, 0.15) is 0 Å². The SMILES string of the molecule is CC.CC.CC(C)CN(c1ccc(-c2c3ccccc3c(-c3ccc(C4(C)C=CC(c5ccccc5)=CC4)cc3)c3ccccc23)cc1)c1ccccc1N. The van der Waals surface area contributed by atoms with Gasteiger partial charge in [0.2, 0.25) is 0 Å². The van der Waals surface area contributed by atoms with E-state index in [1.165, 1.54) is 60.5 Å². The van der Waals surface area contributed by atoms with Gasteiger partial charge in [0.05, 0.1) is 11.4 Å². The second-order valence-electron chi connectivity index (χ2n) is 14.5. The van der Waals surface area contributed by atoms with Gasteiger partial charge >= 0.3 is 0 Å². The van der Waals surface area contributed by atoms with Crippen molar-refractivity contribution in [2.24, 2.45) is 5.92 Å². The minimum atomic E-state index is -0.0477. The van der Waals surface area contributed by atoms with Crippen molar-refractivity contribution in [3.63, 3.8) is 0 Å². The van der Waals surface area contributed by atoms with Gasteiger partial charge in [-0.2, -0.15) is 0 Å². The summed E-state index contributed by atoms with van der Waals surface area (Å²) in [7, 11) is 0. The second-order valence-corrected chi connectivity index (χ2v) is 14.5. The van der Waals surface area contributed by atoms with E-state index >= 15 is 0 Å². The van der Waals surface area contributed by atoms with E-state index < -0.39 is 0 Å². The largest absolute Gasteiger partial charge is 0.397 e. The lowest BCUT2D eigenvalue weighted by molar-refractivity contribution is 0.601. The summed E-state index contributed by atoms with van der Waals surface area (Å²) in [4.78, 5) is 2.34. The lowest BCUT2D eigenvalue weighted by atomic mass is 9.75. The fourth-order valence-corrected chi connectivity index (χ4v) is 7.81. The van der Waals surface area contributed by atoms with Gasteiger partial charge in [-0.3, -0.25) is 0 Å². The van der Waals surface area contributed by atoms with Gasteiger partial charge in [0, 0.05) is 17.6 Å². The molecule has 7 aromatic carbocycles. The van der Waals surface area contributed by atoms with Crippen molar-refractivity contribution >= 4 is 44.2 Å². The molecule has 1 atom stereocenters. The first-order valence-corrected chi connectivity index (χ1v) is 20.1. The Morgan fingerprint density at radius 1 is 0.564 bits per heavy atom. The van der Waals surface area contributed by atoms with E-state index in [9.17, 15) is 0 Å². The molecule has 2 N–H and O–H groups in total. The van der Waals surface area contributed by atoms with Crippen molar-refractivity contribution < 1.29 is 0 Å². The molecule has 0 bridgehead atoms. The van der Waals surface area contributed by atoms with Gasteiger partial charge in [-0.15, -0.1) is 0 Å². The summed E-state index contributed by atoms with van der Waals surface area (Å²) in [5, 5.41) is 5.05. The zero-order valence-corrected chi connectivity index (χ0v) is 33.7. The summed E-state index contributed by atoms with van der Waals surface area (Å²) in [5.41, 5.74) is 18.3. The third-order valence-corrected chi connectivity index (χ3v) is 10.5. The third kappa shape index (κ3) is 8.01. The molecular weight excluding hydrogens is 665 g/mol. The Morgan fingerprint density at radius 2 is 1.04 bits per heavy atom. The lowest BCUT2D eigenvalue weighted by Crippen LogP contribution is -2.23. The maximum absolute atomic E-state index is 6.47. The Balaban J connectivity index is 0.00000125. The normalized spacial score (nSPS) is 14.8. The summed E-state index contributed by atoms with van der Waals surface area (Å²) in [6.45, 7) is 15.7. The number of hydrogen-bond donors (Lipinski definition) is 1. The van der Waals surface area contributed by atoms with Crippen LogP contribution in [-0.4, -0.2) is 6.54 Å². The van der Waals surface area contributed by atoms with E-state index in [0.717, 1.165) is 30.0 Å². The Hall–Kier alpha value is -5.86. The summed E-state index contributed by atoms with van der Waals surface area (Å²) in [6, 6.07) is 55.0. The highest BCUT2D eigenvalue weighted by molar-refractivity contribution is 6.21. The molecule has 7 aromatic rings. The molecule has 8 rings (SSSR count).